The fourth-order valence-electron chi connectivity index (χ4n) is 5.17. The van der Waals surface area contributed by atoms with E-state index in [2.05, 4.69) is 11.9 Å². The number of phenols is 2. The number of nitrogens with one attached hydrogen (secondary N) is 1. The molecule has 1 aliphatic heterocycles. The number of nitrogens with two attached hydrogens (primary N) is 1. The van der Waals surface area contributed by atoms with Crippen LogP contribution in [0.3, 0.4) is 0 Å². The Morgan fingerprint density at radius 3 is 2.48 bits per heavy atom. The zero-order chi connectivity index (χ0) is 30.9. The zero-order valence-corrected chi connectivity index (χ0v) is 26.4. The molecule has 1 amide bonds. The second kappa shape index (κ2) is 17.1. The van der Waals surface area contributed by atoms with Gasteiger partial charge in [0.1, 0.15) is 11.9 Å². The molecule has 0 aliphatic carbocycles. The van der Waals surface area contributed by atoms with Crippen LogP contribution in [-0.2, 0) is 25.5 Å². The van der Waals surface area contributed by atoms with Crippen LogP contribution in [0.4, 0.5) is 11.4 Å². The van der Waals surface area contributed by atoms with Crippen molar-refractivity contribution >= 4 is 23.3 Å². The number of methoxy groups -OCH3 is 1. The van der Waals surface area contributed by atoms with Crippen LogP contribution in [0.1, 0.15) is 53.5 Å². The Labute approximate surface area is 255 Å². The Morgan fingerprint density at radius 1 is 1.21 bits per heavy atom. The van der Waals surface area contributed by atoms with E-state index < -0.39 is 30.2 Å². The lowest BCUT2D eigenvalue weighted by Crippen LogP contribution is -3.00. The maximum absolute atomic E-state index is 13.0. The summed E-state index contributed by atoms with van der Waals surface area (Å²) in [6.07, 6.45) is 7.64. The van der Waals surface area contributed by atoms with Crippen molar-refractivity contribution in [2.45, 2.75) is 72.7 Å². The SMILES string of the molecule is C=CC[NH2+]c1c(O)cc2c(O)c1C[C@@H](C)C[C@H](OC)[C@H](O)[C@@H](C)/C=C(\C)[C@H](OC(C)=O)[C@@H](C)/C=C\C=C(/C)C(=O)N2.[Cl-]. The number of hydrogen-bond acceptors (Lipinski definition) is 7. The van der Waals surface area contributed by atoms with Crippen molar-refractivity contribution in [2.24, 2.45) is 17.8 Å². The predicted octanol–water partition coefficient (Wildman–Crippen LogP) is 1.03. The molecule has 6 N–H and O–H groups in total. The van der Waals surface area contributed by atoms with Crippen molar-refractivity contribution in [3.05, 3.63) is 59.7 Å². The molecule has 0 saturated heterocycles. The third-order valence-electron chi connectivity index (χ3n) is 7.43. The summed E-state index contributed by atoms with van der Waals surface area (Å²) in [5.74, 6) is -1.68. The highest BCUT2D eigenvalue weighted by Crippen LogP contribution is 2.40. The van der Waals surface area contributed by atoms with Crippen LogP contribution in [0.2, 0.25) is 0 Å². The number of hydrogen-bond donors (Lipinski definition) is 5. The van der Waals surface area contributed by atoms with Crippen LogP contribution in [0.5, 0.6) is 11.5 Å². The van der Waals surface area contributed by atoms with Crippen LogP contribution < -0.4 is 23.0 Å². The number of fused-ring (bicyclic) bond motifs is 2. The Kier molecular flexibility index (Phi) is 15.0. The maximum atomic E-state index is 13.0. The number of quaternary nitrogens is 1. The second-order valence-corrected chi connectivity index (χ2v) is 11.1. The molecule has 1 aromatic carbocycles. The number of carbonyl (C=O) groups is 2. The van der Waals surface area contributed by atoms with E-state index in [4.69, 9.17) is 9.47 Å². The number of amides is 1. The van der Waals surface area contributed by atoms with Gasteiger partial charge in [0.15, 0.2) is 11.4 Å². The first-order valence-corrected chi connectivity index (χ1v) is 14.0. The summed E-state index contributed by atoms with van der Waals surface area (Å²) in [6, 6.07) is 1.34. The minimum atomic E-state index is -0.853. The van der Waals surface area contributed by atoms with Gasteiger partial charge >= 0.3 is 5.97 Å². The Hall–Kier alpha value is -3.11. The number of esters is 1. The van der Waals surface area contributed by atoms with Crippen LogP contribution in [-0.4, -0.2) is 59.2 Å². The van der Waals surface area contributed by atoms with E-state index in [1.54, 1.807) is 37.6 Å². The number of allylic oxidation sites excluding steroid dienone is 2. The van der Waals surface area contributed by atoms with Crippen molar-refractivity contribution in [2.75, 3.05) is 19.0 Å². The number of aromatic hydroxyl groups is 2. The number of rotatable bonds is 5. The van der Waals surface area contributed by atoms with Gasteiger partial charge in [0, 0.05) is 37.5 Å². The molecule has 0 radical (unpaired) electrons. The van der Waals surface area contributed by atoms with Crippen molar-refractivity contribution in [3.63, 3.8) is 0 Å². The molecule has 1 aliphatic rings. The minimum Gasteiger partial charge on any atom is -1.00 e. The van der Waals surface area contributed by atoms with Crippen LogP contribution in [0, 0.1) is 17.8 Å². The summed E-state index contributed by atoms with van der Waals surface area (Å²) >= 11 is 0. The number of carbonyl (C=O) groups excluding carboxylic acids is 2. The lowest BCUT2D eigenvalue weighted by molar-refractivity contribution is -0.562. The van der Waals surface area contributed by atoms with Gasteiger partial charge in [-0.25, -0.2) is 0 Å². The molecular formula is C32H47ClN2O7. The summed E-state index contributed by atoms with van der Waals surface area (Å²) in [4.78, 5) is 24.9. The molecular weight excluding hydrogens is 560 g/mol. The van der Waals surface area contributed by atoms with Crippen molar-refractivity contribution in [3.8, 4) is 11.5 Å². The van der Waals surface area contributed by atoms with Gasteiger partial charge in [-0.05, 0) is 44.3 Å². The summed E-state index contributed by atoms with van der Waals surface area (Å²) in [5.41, 5.74) is 2.22. The number of anilines is 1. The topological polar surface area (TPSA) is 142 Å². The van der Waals surface area contributed by atoms with E-state index in [1.165, 1.54) is 13.0 Å². The molecule has 10 heteroatoms. The van der Waals surface area contributed by atoms with Crippen LogP contribution in [0.25, 0.3) is 0 Å². The number of halogens is 1. The Balaban J connectivity index is 0.00000882. The fourth-order valence-corrected chi connectivity index (χ4v) is 5.17. The molecule has 0 aromatic heterocycles. The number of aliphatic hydroxyl groups excluding tert-OH is 1. The Bertz CT molecular complexity index is 1190. The van der Waals surface area contributed by atoms with Crippen molar-refractivity contribution in [1.29, 1.82) is 0 Å². The molecule has 234 valence electrons. The summed E-state index contributed by atoms with van der Waals surface area (Å²) in [6.45, 7) is 14.8. The monoisotopic (exact) mass is 606 g/mol. The van der Waals surface area contributed by atoms with Gasteiger partial charge in [-0.3, -0.25) is 9.59 Å². The Morgan fingerprint density at radius 2 is 1.88 bits per heavy atom. The van der Waals surface area contributed by atoms with E-state index >= 15 is 0 Å². The third kappa shape index (κ3) is 10.0. The molecule has 0 saturated carbocycles. The van der Waals surface area contributed by atoms with Gasteiger partial charge in [0.05, 0.1) is 30.0 Å². The van der Waals surface area contributed by atoms with E-state index in [0.29, 0.717) is 36.2 Å². The highest BCUT2D eigenvalue weighted by molar-refractivity contribution is 6.04. The fraction of sp³-hybridized carbons (Fsp3) is 0.500. The zero-order valence-electron chi connectivity index (χ0n) is 25.7. The van der Waals surface area contributed by atoms with Crippen molar-refractivity contribution in [1.82, 2.24) is 0 Å². The van der Waals surface area contributed by atoms with E-state index in [0.717, 1.165) is 5.57 Å². The highest BCUT2D eigenvalue weighted by atomic mass is 35.5. The average molecular weight is 607 g/mol. The van der Waals surface area contributed by atoms with E-state index in [9.17, 15) is 24.9 Å². The lowest BCUT2D eigenvalue weighted by Gasteiger charge is -2.29. The number of aliphatic hydroxyl groups is 1. The normalized spacial score (nSPS) is 29.1. The van der Waals surface area contributed by atoms with Gasteiger partial charge in [-0.2, -0.15) is 0 Å². The molecule has 0 fully saturated rings. The largest absolute Gasteiger partial charge is 1.00 e. The highest BCUT2D eigenvalue weighted by Gasteiger charge is 2.30. The third-order valence-corrected chi connectivity index (χ3v) is 7.43. The predicted molar refractivity (Wildman–Crippen MR) is 160 cm³/mol. The summed E-state index contributed by atoms with van der Waals surface area (Å²) < 4.78 is 11.3. The molecule has 6 atom stereocenters. The van der Waals surface area contributed by atoms with Crippen LogP contribution >= 0.6 is 0 Å². The summed E-state index contributed by atoms with van der Waals surface area (Å²) in [5, 5.41) is 37.9. The molecule has 2 rings (SSSR count). The molecule has 1 aromatic rings. The average Bonchev–Trinajstić information content (AvgIpc) is 2.91. The van der Waals surface area contributed by atoms with E-state index in [-0.39, 0.29) is 47.3 Å². The molecule has 0 spiro atoms. The van der Waals surface area contributed by atoms with Gasteiger partial charge in [-0.1, -0.05) is 51.7 Å². The molecule has 2 bridgehead atoms. The van der Waals surface area contributed by atoms with E-state index in [1.807, 2.05) is 39.8 Å². The van der Waals surface area contributed by atoms with Gasteiger partial charge in [0.25, 0.3) is 5.91 Å². The smallest absolute Gasteiger partial charge is 0.303 e. The minimum absolute atomic E-state index is 0. The number of phenolic OH excluding ortho intramolecular Hbond substituents is 2. The molecule has 1 heterocycles. The lowest BCUT2D eigenvalue weighted by atomic mass is 9.87. The summed E-state index contributed by atoms with van der Waals surface area (Å²) in [7, 11) is 1.55. The molecule has 9 nitrogen and oxygen atoms in total. The molecule has 42 heavy (non-hydrogen) atoms. The first-order valence-electron chi connectivity index (χ1n) is 14.0. The molecule has 0 unspecified atom stereocenters. The second-order valence-electron chi connectivity index (χ2n) is 11.1. The van der Waals surface area contributed by atoms with Crippen LogP contribution in [0.15, 0.2) is 54.2 Å². The first-order chi connectivity index (χ1) is 19.3. The quantitative estimate of drug-likeness (QED) is 0.111. The van der Waals surface area contributed by atoms with Gasteiger partial charge in [-0.15, -0.1) is 0 Å². The standard InChI is InChI=1S/C32H46N2O7.ClH/c1-9-13-33-28-24-14-18(2)15-27(40-8)29(37)21(5)16-22(6)31(41-23(7)35)19(3)11-10-12-20(4)32(39)34-25(30(24)38)17-26(28)36;/h9-12,16-19,21,27,29,31,33,36-38H,1,13-15H2,2-8H3,(H,34,39);1H/b11-10-,20-12+,22-16+;/t18-,19+,21+,27+,29-,31-;/m1./s1. The van der Waals surface area contributed by atoms with Crippen molar-refractivity contribution < 1.29 is 52.1 Å². The first kappa shape index (κ1) is 36.9. The van der Waals surface area contributed by atoms with Gasteiger partial charge < -0.3 is 47.8 Å². The van der Waals surface area contributed by atoms with Gasteiger partial charge in [0.2, 0.25) is 0 Å². The number of ether oxygens (including phenoxy) is 2. The number of benzene rings is 1. The maximum Gasteiger partial charge on any atom is 0.303 e.